The van der Waals surface area contributed by atoms with E-state index in [0.29, 0.717) is 32.3 Å². The number of aromatic nitrogens is 4. The monoisotopic (exact) mass is 498 g/mol. The number of rotatable bonds is 9. The quantitative estimate of drug-likeness (QED) is 0.483. The minimum Gasteiger partial charge on any atom is -0.376 e. The summed E-state index contributed by atoms with van der Waals surface area (Å²) in [6.45, 7) is 2.25. The van der Waals surface area contributed by atoms with Gasteiger partial charge in [-0.3, -0.25) is 4.98 Å². The summed E-state index contributed by atoms with van der Waals surface area (Å²) in [5, 5.41) is 1.02. The predicted octanol–water partition coefficient (Wildman–Crippen LogP) is 3.22. The summed E-state index contributed by atoms with van der Waals surface area (Å²) in [5.74, 6) is 1.65. The fourth-order valence-electron chi connectivity index (χ4n) is 5.43. The number of anilines is 1. The lowest BCUT2D eigenvalue weighted by Gasteiger charge is -2.35. The van der Waals surface area contributed by atoms with Crippen LogP contribution in [0.4, 0.5) is 5.82 Å². The van der Waals surface area contributed by atoms with E-state index in [1.807, 2.05) is 24.4 Å². The second-order valence-electron chi connectivity index (χ2n) is 9.89. The SMILES string of the molecule is CN(c1ncnc2[nH]ccc12)[C@H]1CC[C@H](CS(=O)(=O)N2CCC(COCc3cccnc3)C2)CC1. The average molecular weight is 499 g/mol. The van der Waals surface area contributed by atoms with Crippen LogP contribution in [0.5, 0.6) is 0 Å². The van der Waals surface area contributed by atoms with Crippen molar-refractivity contribution in [2.45, 2.75) is 44.8 Å². The Bertz CT molecular complexity index is 1210. The minimum absolute atomic E-state index is 0.211. The molecule has 9 nitrogen and oxygen atoms in total. The second kappa shape index (κ2) is 10.6. The van der Waals surface area contributed by atoms with E-state index >= 15 is 0 Å². The van der Waals surface area contributed by atoms with Gasteiger partial charge in [0.1, 0.15) is 17.8 Å². The van der Waals surface area contributed by atoms with Crippen LogP contribution in [-0.2, 0) is 21.4 Å². The number of ether oxygens (including phenoxy) is 1. The van der Waals surface area contributed by atoms with Gasteiger partial charge >= 0.3 is 0 Å². The van der Waals surface area contributed by atoms with Crippen molar-refractivity contribution in [2.75, 3.05) is 37.4 Å². The first-order valence-corrected chi connectivity index (χ1v) is 14.1. The Morgan fingerprint density at radius 1 is 1.14 bits per heavy atom. The number of hydrogen-bond acceptors (Lipinski definition) is 7. The van der Waals surface area contributed by atoms with Gasteiger partial charge in [0.05, 0.1) is 24.4 Å². The number of hydrogen-bond donors (Lipinski definition) is 1. The van der Waals surface area contributed by atoms with Gasteiger partial charge in [-0.05, 0) is 61.6 Å². The Labute approximate surface area is 207 Å². The summed E-state index contributed by atoms with van der Waals surface area (Å²) in [7, 11) is -1.17. The highest BCUT2D eigenvalue weighted by atomic mass is 32.2. The zero-order chi connectivity index (χ0) is 24.3. The van der Waals surface area contributed by atoms with E-state index in [-0.39, 0.29) is 17.6 Å². The maximum absolute atomic E-state index is 13.1. The first kappa shape index (κ1) is 24.1. The van der Waals surface area contributed by atoms with Crippen LogP contribution in [0.1, 0.15) is 37.7 Å². The Hall–Kier alpha value is -2.56. The molecule has 1 saturated heterocycles. The van der Waals surface area contributed by atoms with Gasteiger partial charge in [0.2, 0.25) is 10.0 Å². The molecule has 3 aromatic heterocycles. The Kier molecular flexibility index (Phi) is 7.31. The first-order valence-electron chi connectivity index (χ1n) is 12.4. The van der Waals surface area contributed by atoms with Crippen molar-refractivity contribution in [3.05, 3.63) is 48.7 Å². The highest BCUT2D eigenvalue weighted by molar-refractivity contribution is 7.89. The molecule has 2 aliphatic rings. The van der Waals surface area contributed by atoms with E-state index in [1.54, 1.807) is 23.0 Å². The molecule has 0 amide bonds. The van der Waals surface area contributed by atoms with E-state index in [9.17, 15) is 8.42 Å². The van der Waals surface area contributed by atoms with Crippen LogP contribution < -0.4 is 4.90 Å². The Morgan fingerprint density at radius 2 is 2.00 bits per heavy atom. The molecule has 1 N–H and O–H groups in total. The summed E-state index contributed by atoms with van der Waals surface area (Å²) in [4.78, 5) is 18.3. The van der Waals surface area contributed by atoms with Crippen molar-refractivity contribution < 1.29 is 13.2 Å². The summed E-state index contributed by atoms with van der Waals surface area (Å²) in [6.07, 6.45) is 11.6. The zero-order valence-corrected chi connectivity index (χ0v) is 21.0. The number of pyridine rings is 1. The van der Waals surface area contributed by atoms with Gasteiger partial charge in [-0.15, -0.1) is 0 Å². The van der Waals surface area contributed by atoms with E-state index in [1.165, 1.54) is 0 Å². The minimum atomic E-state index is -3.25. The van der Waals surface area contributed by atoms with Crippen molar-refractivity contribution >= 4 is 26.9 Å². The molecule has 0 radical (unpaired) electrons. The van der Waals surface area contributed by atoms with Gasteiger partial charge in [0.15, 0.2) is 0 Å². The lowest BCUT2D eigenvalue weighted by molar-refractivity contribution is 0.0908. The molecule has 35 heavy (non-hydrogen) atoms. The normalized spacial score (nSPS) is 23.6. The van der Waals surface area contributed by atoms with Crippen molar-refractivity contribution in [1.29, 1.82) is 0 Å². The average Bonchev–Trinajstić information content (AvgIpc) is 3.55. The largest absolute Gasteiger partial charge is 0.376 e. The fourth-order valence-corrected chi connectivity index (χ4v) is 7.39. The molecule has 1 aliphatic heterocycles. The number of nitrogens with one attached hydrogen (secondary N) is 1. The Balaban J connectivity index is 1.08. The molecule has 2 fully saturated rings. The first-order chi connectivity index (χ1) is 17.0. The van der Waals surface area contributed by atoms with Crippen LogP contribution in [0, 0.1) is 11.8 Å². The van der Waals surface area contributed by atoms with Gasteiger partial charge in [-0.1, -0.05) is 6.07 Å². The van der Waals surface area contributed by atoms with Crippen LogP contribution in [-0.4, -0.2) is 71.2 Å². The third-order valence-electron chi connectivity index (χ3n) is 7.46. The van der Waals surface area contributed by atoms with Crippen molar-refractivity contribution in [3.8, 4) is 0 Å². The van der Waals surface area contributed by atoms with E-state index in [0.717, 1.165) is 54.5 Å². The lowest BCUT2D eigenvalue weighted by atomic mass is 9.86. The van der Waals surface area contributed by atoms with Crippen LogP contribution in [0.2, 0.25) is 0 Å². The predicted molar refractivity (Wildman–Crippen MR) is 135 cm³/mol. The zero-order valence-electron chi connectivity index (χ0n) is 20.2. The van der Waals surface area contributed by atoms with Crippen LogP contribution >= 0.6 is 0 Å². The topological polar surface area (TPSA) is 104 Å². The van der Waals surface area contributed by atoms with Crippen molar-refractivity contribution in [3.63, 3.8) is 0 Å². The molecule has 0 bridgehead atoms. The van der Waals surface area contributed by atoms with Crippen LogP contribution in [0.25, 0.3) is 11.0 Å². The number of aromatic amines is 1. The summed E-state index contributed by atoms with van der Waals surface area (Å²) in [5.41, 5.74) is 1.88. The lowest BCUT2D eigenvalue weighted by Crippen LogP contribution is -2.39. The van der Waals surface area contributed by atoms with Crippen LogP contribution in [0.15, 0.2) is 43.1 Å². The number of nitrogens with zero attached hydrogens (tertiary/aromatic N) is 5. The van der Waals surface area contributed by atoms with Gasteiger partial charge < -0.3 is 14.6 Å². The second-order valence-corrected chi connectivity index (χ2v) is 11.9. The van der Waals surface area contributed by atoms with E-state index in [2.05, 4.69) is 31.9 Å². The molecule has 1 unspecified atom stereocenters. The smallest absolute Gasteiger partial charge is 0.214 e. The van der Waals surface area contributed by atoms with Gasteiger partial charge in [0, 0.05) is 44.8 Å². The molecule has 1 saturated carbocycles. The van der Waals surface area contributed by atoms with E-state index < -0.39 is 10.0 Å². The highest BCUT2D eigenvalue weighted by Crippen LogP contribution is 2.33. The third kappa shape index (κ3) is 5.65. The highest BCUT2D eigenvalue weighted by Gasteiger charge is 2.35. The van der Waals surface area contributed by atoms with Gasteiger partial charge in [-0.25, -0.2) is 22.7 Å². The van der Waals surface area contributed by atoms with Gasteiger partial charge in [0.25, 0.3) is 0 Å². The summed E-state index contributed by atoms with van der Waals surface area (Å²) < 4.78 is 33.8. The fraction of sp³-hybridized carbons (Fsp3) is 0.560. The van der Waals surface area contributed by atoms with Crippen molar-refractivity contribution in [1.82, 2.24) is 24.2 Å². The molecular weight excluding hydrogens is 464 g/mol. The Morgan fingerprint density at radius 3 is 2.80 bits per heavy atom. The van der Waals surface area contributed by atoms with E-state index in [4.69, 9.17) is 4.74 Å². The molecule has 1 aliphatic carbocycles. The summed E-state index contributed by atoms with van der Waals surface area (Å²) in [6, 6.07) is 6.24. The molecule has 4 heterocycles. The standard InChI is InChI=1S/C25H34N6O3S/c1-30(25-23-8-11-27-24(23)28-18-29-25)22-6-4-19(5-7-22)17-35(32,33)31-12-9-21(14-31)16-34-15-20-3-2-10-26-13-20/h2-3,8,10-11,13,18-19,21-22H,4-7,9,12,14-17H2,1H3,(H,27,28,29)/t19-,21?,22-. The maximum atomic E-state index is 13.1. The molecule has 1 atom stereocenters. The molecule has 10 heteroatoms. The number of sulfonamides is 1. The molecule has 3 aromatic rings. The number of H-pyrrole nitrogens is 1. The summed E-state index contributed by atoms with van der Waals surface area (Å²) >= 11 is 0. The molecular formula is C25H34N6O3S. The molecule has 188 valence electrons. The maximum Gasteiger partial charge on any atom is 0.214 e. The molecule has 5 rings (SSSR count). The third-order valence-corrected chi connectivity index (χ3v) is 9.48. The van der Waals surface area contributed by atoms with Crippen LogP contribution in [0.3, 0.4) is 0 Å². The van der Waals surface area contributed by atoms with Gasteiger partial charge in [-0.2, -0.15) is 0 Å². The van der Waals surface area contributed by atoms with Crippen molar-refractivity contribution in [2.24, 2.45) is 11.8 Å². The molecule has 0 spiro atoms. The number of fused-ring (bicyclic) bond motifs is 1. The molecule has 0 aromatic carbocycles.